The Kier molecular flexibility index (Phi) is 6.65. The van der Waals surface area contributed by atoms with E-state index in [1.165, 1.54) is 25.7 Å². The number of ether oxygens (including phenoxy) is 1. The fourth-order valence-corrected chi connectivity index (χ4v) is 6.31. The molecule has 3 aliphatic rings. The van der Waals surface area contributed by atoms with Crippen LogP contribution in [-0.4, -0.2) is 69.5 Å². The van der Waals surface area contributed by atoms with Crippen LogP contribution in [0.2, 0.25) is 0 Å². The number of aliphatic imine (C=N–C) groups is 1. The molecule has 3 fully saturated rings. The van der Waals surface area contributed by atoms with E-state index in [1.807, 2.05) is 24.3 Å². The molecule has 2 aliphatic heterocycles. The van der Waals surface area contributed by atoms with Crippen molar-refractivity contribution in [2.45, 2.75) is 44.9 Å². The quantitative estimate of drug-likeness (QED) is 0.549. The second kappa shape index (κ2) is 9.24. The Hall–Kier alpha value is -1.64. The maximum atomic E-state index is 12.9. The zero-order valence-electron chi connectivity index (χ0n) is 18.0. The van der Waals surface area contributed by atoms with E-state index in [4.69, 9.17) is 9.73 Å². The van der Waals surface area contributed by atoms with E-state index < -0.39 is 10.0 Å². The molecule has 0 atom stereocenters. The second-order valence-electron chi connectivity index (χ2n) is 8.73. The second-order valence-corrected chi connectivity index (χ2v) is 10.7. The van der Waals surface area contributed by atoms with Gasteiger partial charge in [0.1, 0.15) is 0 Å². The van der Waals surface area contributed by atoms with Gasteiger partial charge < -0.3 is 15.0 Å². The van der Waals surface area contributed by atoms with Crippen LogP contribution in [0.3, 0.4) is 0 Å². The van der Waals surface area contributed by atoms with E-state index in [2.05, 4.69) is 17.1 Å². The van der Waals surface area contributed by atoms with E-state index in [1.54, 1.807) is 4.31 Å². The lowest BCUT2D eigenvalue weighted by Gasteiger charge is -2.38. The van der Waals surface area contributed by atoms with Crippen LogP contribution in [0.5, 0.6) is 0 Å². The molecular formula is C22H34N4O3S. The molecule has 2 heterocycles. The van der Waals surface area contributed by atoms with E-state index in [-0.39, 0.29) is 5.75 Å². The number of morpholine rings is 1. The van der Waals surface area contributed by atoms with Crippen LogP contribution in [0.4, 0.5) is 0 Å². The van der Waals surface area contributed by atoms with Crippen molar-refractivity contribution in [3.63, 3.8) is 0 Å². The van der Waals surface area contributed by atoms with Gasteiger partial charge in [-0.2, -0.15) is 4.31 Å². The first-order valence-electron chi connectivity index (χ1n) is 11.2. The normalized spacial score (nSPS) is 22.3. The van der Waals surface area contributed by atoms with Crippen LogP contribution in [-0.2, 0) is 27.1 Å². The standard InChI is InChI=1S/C22H34N4O3S/c1-2-23-21(25-11-10-22(18-25)8-5-9-22)24-16-19-6-3-4-7-20(19)17-30(27,28)26-12-14-29-15-13-26/h3-4,6-7H,2,5,8-18H2,1H3,(H,23,24). The number of guanidine groups is 1. The molecule has 1 N–H and O–H groups in total. The van der Waals surface area contributed by atoms with Crippen molar-refractivity contribution in [2.24, 2.45) is 10.4 Å². The first-order valence-corrected chi connectivity index (χ1v) is 12.8. The molecule has 1 spiro atoms. The molecule has 30 heavy (non-hydrogen) atoms. The fourth-order valence-electron chi connectivity index (χ4n) is 4.75. The number of hydrogen-bond donors (Lipinski definition) is 1. The highest BCUT2D eigenvalue weighted by atomic mass is 32.2. The minimum absolute atomic E-state index is 0.0159. The average molecular weight is 435 g/mol. The molecule has 4 rings (SSSR count). The van der Waals surface area contributed by atoms with Crippen molar-refractivity contribution in [1.29, 1.82) is 0 Å². The number of rotatable bonds is 6. The molecule has 1 saturated carbocycles. The molecule has 7 nitrogen and oxygen atoms in total. The summed E-state index contributed by atoms with van der Waals surface area (Å²) >= 11 is 0. The Labute approximate surface area is 180 Å². The van der Waals surface area contributed by atoms with Crippen LogP contribution in [0.15, 0.2) is 29.3 Å². The number of nitrogens with one attached hydrogen (secondary N) is 1. The minimum atomic E-state index is -3.36. The Balaban J connectivity index is 1.47. The number of benzene rings is 1. The predicted octanol–water partition coefficient (Wildman–Crippen LogP) is 2.19. The summed E-state index contributed by atoms with van der Waals surface area (Å²) in [7, 11) is -3.36. The zero-order chi connectivity index (χ0) is 21.0. The van der Waals surface area contributed by atoms with Crippen molar-refractivity contribution < 1.29 is 13.2 Å². The molecule has 0 bridgehead atoms. The SMILES string of the molecule is CCNC(=NCc1ccccc1CS(=O)(=O)N1CCOCC1)N1CCC2(CCC2)C1. The van der Waals surface area contributed by atoms with Crippen LogP contribution in [0.25, 0.3) is 0 Å². The van der Waals surface area contributed by atoms with Crippen molar-refractivity contribution in [3.05, 3.63) is 35.4 Å². The van der Waals surface area contributed by atoms with Crippen LogP contribution in [0.1, 0.15) is 43.7 Å². The molecule has 166 valence electrons. The highest BCUT2D eigenvalue weighted by Crippen LogP contribution is 2.47. The molecular weight excluding hydrogens is 400 g/mol. The van der Waals surface area contributed by atoms with E-state index >= 15 is 0 Å². The van der Waals surface area contributed by atoms with Gasteiger partial charge in [-0.1, -0.05) is 30.7 Å². The van der Waals surface area contributed by atoms with Gasteiger partial charge in [0.25, 0.3) is 0 Å². The van der Waals surface area contributed by atoms with Crippen molar-refractivity contribution in [1.82, 2.24) is 14.5 Å². The zero-order valence-corrected chi connectivity index (χ0v) is 18.8. The topological polar surface area (TPSA) is 74.2 Å². The molecule has 0 aromatic heterocycles. The molecule has 0 unspecified atom stereocenters. The monoisotopic (exact) mass is 434 g/mol. The maximum absolute atomic E-state index is 12.9. The van der Waals surface area contributed by atoms with Gasteiger partial charge in [0.2, 0.25) is 10.0 Å². The summed E-state index contributed by atoms with van der Waals surface area (Å²) in [5.74, 6) is 0.967. The Bertz CT molecular complexity index is 861. The van der Waals surface area contributed by atoms with Crippen LogP contribution >= 0.6 is 0 Å². The summed E-state index contributed by atoms with van der Waals surface area (Å²) in [4.78, 5) is 7.28. The van der Waals surface area contributed by atoms with Gasteiger partial charge in [-0.3, -0.25) is 0 Å². The summed E-state index contributed by atoms with van der Waals surface area (Å²) < 4.78 is 32.6. The van der Waals surface area contributed by atoms with Gasteiger partial charge in [-0.15, -0.1) is 0 Å². The third-order valence-electron chi connectivity index (χ3n) is 6.71. The largest absolute Gasteiger partial charge is 0.379 e. The molecule has 0 amide bonds. The molecule has 1 aromatic carbocycles. The number of hydrogen-bond acceptors (Lipinski definition) is 4. The lowest BCUT2D eigenvalue weighted by atomic mass is 9.68. The van der Waals surface area contributed by atoms with Crippen molar-refractivity contribution in [3.8, 4) is 0 Å². The highest BCUT2D eigenvalue weighted by Gasteiger charge is 2.43. The first kappa shape index (κ1) is 21.6. The molecule has 2 saturated heterocycles. The van der Waals surface area contributed by atoms with Crippen LogP contribution in [0, 0.1) is 5.41 Å². The molecule has 1 aliphatic carbocycles. The molecule has 0 radical (unpaired) electrons. The summed E-state index contributed by atoms with van der Waals surface area (Å²) in [6, 6.07) is 7.77. The molecule has 1 aromatic rings. The van der Waals surface area contributed by atoms with Gasteiger partial charge >= 0.3 is 0 Å². The Morgan fingerprint density at radius 2 is 1.87 bits per heavy atom. The van der Waals surface area contributed by atoms with Crippen LogP contribution < -0.4 is 5.32 Å². The fraction of sp³-hybridized carbons (Fsp3) is 0.682. The van der Waals surface area contributed by atoms with Crippen molar-refractivity contribution >= 4 is 16.0 Å². The molecule has 8 heteroatoms. The van der Waals surface area contributed by atoms with Gasteiger partial charge in [0, 0.05) is 32.7 Å². The van der Waals surface area contributed by atoms with E-state index in [0.29, 0.717) is 38.3 Å². The highest BCUT2D eigenvalue weighted by molar-refractivity contribution is 7.88. The smallest absolute Gasteiger partial charge is 0.218 e. The van der Waals surface area contributed by atoms with Gasteiger partial charge in [-0.25, -0.2) is 13.4 Å². The number of nitrogens with zero attached hydrogens (tertiary/aromatic N) is 3. The summed E-state index contributed by atoms with van der Waals surface area (Å²) in [6.45, 7) is 7.35. The number of sulfonamides is 1. The Morgan fingerprint density at radius 1 is 1.13 bits per heavy atom. The predicted molar refractivity (Wildman–Crippen MR) is 119 cm³/mol. The summed E-state index contributed by atoms with van der Waals surface area (Å²) in [5.41, 5.74) is 2.32. The first-order chi connectivity index (χ1) is 14.5. The minimum Gasteiger partial charge on any atom is -0.379 e. The maximum Gasteiger partial charge on any atom is 0.218 e. The number of likely N-dealkylation sites (tertiary alicyclic amines) is 1. The van der Waals surface area contributed by atoms with E-state index in [9.17, 15) is 8.42 Å². The third-order valence-corrected chi connectivity index (χ3v) is 8.53. The van der Waals surface area contributed by atoms with E-state index in [0.717, 1.165) is 36.7 Å². The summed E-state index contributed by atoms with van der Waals surface area (Å²) in [6.07, 6.45) is 5.29. The Morgan fingerprint density at radius 3 is 2.50 bits per heavy atom. The third kappa shape index (κ3) is 4.81. The average Bonchev–Trinajstić information content (AvgIpc) is 3.19. The van der Waals surface area contributed by atoms with Gasteiger partial charge in [0.05, 0.1) is 25.5 Å². The van der Waals surface area contributed by atoms with Gasteiger partial charge in [0.15, 0.2) is 5.96 Å². The lowest BCUT2D eigenvalue weighted by Crippen LogP contribution is -2.42. The van der Waals surface area contributed by atoms with Crippen molar-refractivity contribution in [2.75, 3.05) is 45.9 Å². The van der Waals surface area contributed by atoms with Gasteiger partial charge in [-0.05, 0) is 42.7 Å². The lowest BCUT2D eigenvalue weighted by molar-refractivity contribution is 0.0729. The summed E-state index contributed by atoms with van der Waals surface area (Å²) in [5, 5.41) is 3.44.